The molecule has 4 aliphatic heterocycles. The van der Waals surface area contributed by atoms with E-state index in [0.717, 1.165) is 41.1 Å². The molecule has 12 nitrogen and oxygen atoms in total. The molecule has 0 radical (unpaired) electrons. The molecular formula is C54H28N4O8. The zero-order valence-electron chi connectivity index (χ0n) is 35.3. The van der Waals surface area contributed by atoms with Crippen molar-refractivity contribution in [3.8, 4) is 0 Å². The normalized spacial score (nSPS) is 16.2. The molecular weight excluding hydrogens is 833 g/mol. The number of imide groups is 4. The maximum Gasteiger partial charge on any atom is 0.261 e. The van der Waals surface area contributed by atoms with Crippen LogP contribution in [0.5, 0.6) is 0 Å². The fraction of sp³-hybridized carbons (Fsp3) is 0.0741. The summed E-state index contributed by atoms with van der Waals surface area (Å²) in [5.41, 5.74) is 4.07. The van der Waals surface area contributed by atoms with Crippen molar-refractivity contribution in [2.24, 2.45) is 0 Å². The first kappa shape index (κ1) is 36.6. The molecule has 4 aliphatic rings. The van der Waals surface area contributed by atoms with E-state index in [9.17, 15) is 38.4 Å². The molecule has 0 spiro atoms. The van der Waals surface area contributed by atoms with Gasteiger partial charge in [-0.15, -0.1) is 0 Å². The van der Waals surface area contributed by atoms with E-state index < -0.39 is 47.3 Å². The van der Waals surface area contributed by atoms with Crippen LogP contribution in [0.1, 0.15) is 94.0 Å². The van der Waals surface area contributed by atoms with E-state index in [1.807, 2.05) is 48.6 Å². The van der Waals surface area contributed by atoms with Gasteiger partial charge in [0.1, 0.15) is 0 Å². The van der Waals surface area contributed by atoms with Crippen LogP contribution in [-0.4, -0.2) is 95.0 Å². The number of fused-ring (bicyclic) bond motifs is 4. The van der Waals surface area contributed by atoms with E-state index in [2.05, 4.69) is 0 Å². The van der Waals surface area contributed by atoms with E-state index in [-0.39, 0.29) is 0 Å². The van der Waals surface area contributed by atoms with Crippen LogP contribution in [0.25, 0.3) is 98.3 Å². The van der Waals surface area contributed by atoms with Crippen molar-refractivity contribution in [1.29, 1.82) is 0 Å². The average molecular weight is 861 g/mol. The fourth-order valence-electron chi connectivity index (χ4n) is 11.7. The highest BCUT2D eigenvalue weighted by atomic mass is 16.2. The van der Waals surface area contributed by atoms with Crippen LogP contribution in [0.15, 0.2) is 84.9 Å². The SMILES string of the molecule is CN1C(=O)c2ccc3c4ccc5c6c(cc(/C=C/c7cc8c9c(ccc%10c%11ccc%12c%13c(ccc(c7c9%10)c%13%11)C(=O)N(C)C%12=O)C(=O)N(C)C8=O)c(c7ccc(c2c37)C1=O)c64)C(=O)N(C)C5=O. The summed E-state index contributed by atoms with van der Waals surface area (Å²) < 4.78 is 0. The zero-order chi connectivity index (χ0) is 45.3. The van der Waals surface area contributed by atoms with Gasteiger partial charge < -0.3 is 0 Å². The molecule has 8 amide bonds. The Morgan fingerprint density at radius 3 is 0.773 bits per heavy atom. The van der Waals surface area contributed by atoms with E-state index in [4.69, 9.17) is 0 Å². The number of carbonyl (C=O) groups excluding carboxylic acids is 8. The Morgan fingerprint density at radius 1 is 0.258 bits per heavy atom. The first-order valence-corrected chi connectivity index (χ1v) is 21.2. The summed E-state index contributed by atoms with van der Waals surface area (Å²) in [6.07, 6.45) is 3.74. The van der Waals surface area contributed by atoms with E-state index >= 15 is 0 Å². The first-order chi connectivity index (χ1) is 31.8. The molecule has 0 fully saturated rings. The van der Waals surface area contributed by atoms with Gasteiger partial charge in [0, 0.05) is 94.2 Å². The number of amides is 8. The number of nitrogens with zero attached hydrogens (tertiary/aromatic N) is 4. The second-order valence-electron chi connectivity index (χ2n) is 17.8. The van der Waals surface area contributed by atoms with Gasteiger partial charge in [-0.05, 0) is 124 Å². The minimum atomic E-state index is -0.479. The highest BCUT2D eigenvalue weighted by Crippen LogP contribution is 2.50. The third kappa shape index (κ3) is 3.95. The minimum absolute atomic E-state index is 0.318. The number of hydrogen-bond donors (Lipinski definition) is 0. The lowest BCUT2D eigenvalue weighted by Gasteiger charge is -2.29. The lowest BCUT2D eigenvalue weighted by atomic mass is 9.80. The van der Waals surface area contributed by atoms with Crippen molar-refractivity contribution in [2.75, 3.05) is 28.2 Å². The molecule has 0 aliphatic carbocycles. The second-order valence-corrected chi connectivity index (χ2v) is 17.8. The largest absolute Gasteiger partial charge is 0.277 e. The molecule has 14 rings (SSSR count). The summed E-state index contributed by atoms with van der Waals surface area (Å²) in [5, 5.41) is 10.5. The van der Waals surface area contributed by atoms with Gasteiger partial charge in [-0.3, -0.25) is 58.0 Å². The smallest absolute Gasteiger partial charge is 0.261 e. The lowest BCUT2D eigenvalue weighted by molar-refractivity contribution is 0.0635. The fourth-order valence-corrected chi connectivity index (χ4v) is 11.7. The van der Waals surface area contributed by atoms with Gasteiger partial charge in [-0.1, -0.05) is 48.6 Å². The molecule has 0 N–H and O–H groups in total. The standard InChI is InChI=1S/C54H28N4O8/c1-55-47(59)29-13-7-23-25-9-15-33-43-35(53(65)57(3)51(33)63)19-21(37(45(25)43)27-11-17-31(49(55)61)41(29)39(23)27)5-6-22-20-36-44-34(52(64)58(4)54(36)66)16-10-26-24-8-14-30-42-32(50(62)56(2)48(30)60)18-12-28(40(24)42)38(22)46(26)44/h5-20H,1-4H3/b6-5+. The van der Waals surface area contributed by atoms with Crippen LogP contribution in [-0.2, 0) is 0 Å². The van der Waals surface area contributed by atoms with Crippen LogP contribution in [0, 0.1) is 0 Å². The summed E-state index contributed by atoms with van der Waals surface area (Å²) >= 11 is 0. The lowest BCUT2D eigenvalue weighted by Crippen LogP contribution is -2.37. The van der Waals surface area contributed by atoms with E-state index in [0.29, 0.717) is 120 Å². The van der Waals surface area contributed by atoms with Crippen molar-refractivity contribution in [2.45, 2.75) is 0 Å². The molecule has 0 aromatic heterocycles. The van der Waals surface area contributed by atoms with Crippen molar-refractivity contribution in [1.82, 2.24) is 19.6 Å². The Bertz CT molecular complexity index is 3980. The van der Waals surface area contributed by atoms with Crippen molar-refractivity contribution >= 4 is 146 Å². The summed E-state index contributed by atoms with van der Waals surface area (Å²) in [6, 6.07) is 25.0. The van der Waals surface area contributed by atoms with Gasteiger partial charge >= 0.3 is 0 Å². The molecule has 0 saturated heterocycles. The highest BCUT2D eigenvalue weighted by molar-refractivity contribution is 6.44. The molecule has 0 unspecified atom stereocenters. The second kappa shape index (κ2) is 11.6. The zero-order valence-corrected chi connectivity index (χ0v) is 35.3. The topological polar surface area (TPSA) is 150 Å². The van der Waals surface area contributed by atoms with Crippen LogP contribution in [0.2, 0.25) is 0 Å². The van der Waals surface area contributed by atoms with Gasteiger partial charge in [0.2, 0.25) is 0 Å². The van der Waals surface area contributed by atoms with Crippen molar-refractivity contribution < 1.29 is 38.4 Å². The van der Waals surface area contributed by atoms with Gasteiger partial charge in [-0.25, -0.2) is 0 Å². The molecule has 10 aromatic carbocycles. The molecule has 4 heterocycles. The third-order valence-electron chi connectivity index (χ3n) is 14.8. The summed E-state index contributed by atoms with van der Waals surface area (Å²) in [6.45, 7) is 0. The summed E-state index contributed by atoms with van der Waals surface area (Å²) in [5.74, 6) is -3.53. The maximum absolute atomic E-state index is 14.2. The molecule has 0 saturated carbocycles. The maximum atomic E-state index is 14.2. The monoisotopic (exact) mass is 860 g/mol. The Labute approximate surface area is 371 Å². The molecule has 312 valence electrons. The first-order valence-electron chi connectivity index (χ1n) is 21.2. The van der Waals surface area contributed by atoms with E-state index in [1.165, 1.54) is 28.2 Å². The highest BCUT2D eigenvalue weighted by Gasteiger charge is 2.38. The van der Waals surface area contributed by atoms with E-state index in [1.54, 1.807) is 48.5 Å². The molecule has 10 aromatic rings. The summed E-state index contributed by atoms with van der Waals surface area (Å²) in [4.78, 5) is 115. The predicted molar refractivity (Wildman–Crippen MR) is 250 cm³/mol. The van der Waals surface area contributed by atoms with Gasteiger partial charge in [0.05, 0.1) is 0 Å². The Balaban J connectivity index is 1.15. The molecule has 12 heteroatoms. The number of hydrogen-bond acceptors (Lipinski definition) is 8. The van der Waals surface area contributed by atoms with Gasteiger partial charge in [0.15, 0.2) is 0 Å². The van der Waals surface area contributed by atoms with Crippen LogP contribution in [0.3, 0.4) is 0 Å². The third-order valence-corrected chi connectivity index (χ3v) is 14.8. The van der Waals surface area contributed by atoms with Gasteiger partial charge in [-0.2, -0.15) is 0 Å². The Kier molecular flexibility index (Phi) is 6.44. The molecule has 66 heavy (non-hydrogen) atoms. The van der Waals surface area contributed by atoms with Crippen LogP contribution >= 0.6 is 0 Å². The van der Waals surface area contributed by atoms with Gasteiger partial charge in [0.25, 0.3) is 47.3 Å². The van der Waals surface area contributed by atoms with Crippen LogP contribution < -0.4 is 0 Å². The quantitative estimate of drug-likeness (QED) is 0.0725. The molecule has 0 atom stereocenters. The number of benzene rings is 10. The molecule has 0 bridgehead atoms. The predicted octanol–water partition coefficient (Wildman–Crippen LogP) is 8.86. The number of rotatable bonds is 2. The number of carbonyl (C=O) groups is 8. The van der Waals surface area contributed by atoms with Crippen molar-refractivity contribution in [3.63, 3.8) is 0 Å². The minimum Gasteiger partial charge on any atom is -0.277 e. The summed E-state index contributed by atoms with van der Waals surface area (Å²) in [7, 11) is 5.83. The Morgan fingerprint density at radius 2 is 0.485 bits per heavy atom. The van der Waals surface area contributed by atoms with Crippen LogP contribution in [0.4, 0.5) is 0 Å². The Hall–Kier alpha value is -8.90. The van der Waals surface area contributed by atoms with Crippen molar-refractivity contribution in [3.05, 3.63) is 141 Å². The average Bonchev–Trinajstić information content (AvgIpc) is 3.33.